The average Bonchev–Trinajstić information content (AvgIpc) is 2.73. The fraction of sp³-hybridized carbons (Fsp3) is 0.136. The van der Waals surface area contributed by atoms with Crippen molar-refractivity contribution in [2.75, 3.05) is 6.54 Å². The molecule has 0 atom stereocenters. The average molecular weight is 355 g/mol. The lowest BCUT2D eigenvalue weighted by atomic mass is 9.99. The van der Waals surface area contributed by atoms with Crippen LogP contribution in [0, 0.1) is 0 Å². The summed E-state index contributed by atoms with van der Waals surface area (Å²) in [4.78, 5) is 32.2. The number of fused-ring (bicyclic) bond motifs is 3. The van der Waals surface area contributed by atoms with Crippen LogP contribution in [-0.4, -0.2) is 26.7 Å². The molecule has 2 aromatic heterocycles. The molecule has 5 heteroatoms. The first kappa shape index (κ1) is 15.8. The molecule has 0 saturated heterocycles. The van der Waals surface area contributed by atoms with Gasteiger partial charge in [-0.05, 0) is 41.8 Å². The minimum Gasteiger partial charge on any atom is -0.334 e. The number of carbonyl (C=O) groups excluding carboxylic acids is 1. The van der Waals surface area contributed by atoms with Gasteiger partial charge in [0, 0.05) is 19.3 Å². The molecule has 1 amide bonds. The Morgan fingerprint density at radius 2 is 1.70 bits per heavy atom. The van der Waals surface area contributed by atoms with Crippen molar-refractivity contribution in [3.05, 3.63) is 93.9 Å². The number of hydrogen-bond acceptors (Lipinski definition) is 3. The van der Waals surface area contributed by atoms with Gasteiger partial charge in [0.15, 0.2) is 0 Å². The second-order valence-corrected chi connectivity index (χ2v) is 6.83. The lowest BCUT2D eigenvalue weighted by Gasteiger charge is -2.29. The largest absolute Gasteiger partial charge is 0.334 e. The van der Waals surface area contributed by atoms with Gasteiger partial charge in [0.1, 0.15) is 5.65 Å². The molecular formula is C22H17N3O2. The summed E-state index contributed by atoms with van der Waals surface area (Å²) in [5.74, 6) is -0.0635. The molecule has 3 heterocycles. The normalized spacial score (nSPS) is 13.7. The van der Waals surface area contributed by atoms with E-state index in [1.807, 2.05) is 35.2 Å². The Bertz CT molecular complexity index is 1260. The Hall–Kier alpha value is -3.47. The van der Waals surface area contributed by atoms with E-state index in [0.29, 0.717) is 35.2 Å². The molecule has 27 heavy (non-hydrogen) atoms. The molecule has 0 fully saturated rings. The molecule has 1 aliphatic heterocycles. The van der Waals surface area contributed by atoms with Gasteiger partial charge in [0.2, 0.25) is 0 Å². The maximum Gasteiger partial charge on any atom is 0.265 e. The zero-order chi connectivity index (χ0) is 18.4. The standard InChI is InChI=1S/C22H17N3O2/c26-21(24-12-11-15-5-1-2-6-16(15)13-24)17-9-10-20-23-19-8-4-3-7-18(19)22(27)25(20)14-17/h1-10,14H,11-13H2. The summed E-state index contributed by atoms with van der Waals surface area (Å²) < 4.78 is 1.47. The molecular weight excluding hydrogens is 338 g/mol. The molecule has 4 aromatic rings. The van der Waals surface area contributed by atoms with Gasteiger partial charge in [-0.1, -0.05) is 36.4 Å². The van der Waals surface area contributed by atoms with Crippen LogP contribution in [0.15, 0.2) is 71.7 Å². The van der Waals surface area contributed by atoms with Gasteiger partial charge in [-0.25, -0.2) is 4.98 Å². The van der Waals surface area contributed by atoms with E-state index in [1.54, 1.807) is 24.4 Å². The van der Waals surface area contributed by atoms with E-state index in [0.717, 1.165) is 6.42 Å². The van der Waals surface area contributed by atoms with Crippen molar-refractivity contribution in [1.29, 1.82) is 0 Å². The lowest BCUT2D eigenvalue weighted by molar-refractivity contribution is 0.0734. The van der Waals surface area contributed by atoms with Crippen molar-refractivity contribution in [2.45, 2.75) is 13.0 Å². The Kier molecular flexibility index (Phi) is 3.53. The molecule has 132 valence electrons. The number of carbonyl (C=O) groups is 1. The van der Waals surface area contributed by atoms with E-state index in [-0.39, 0.29) is 11.5 Å². The number of hydrogen-bond donors (Lipinski definition) is 0. The zero-order valence-corrected chi connectivity index (χ0v) is 14.6. The minimum absolute atomic E-state index is 0.0635. The van der Waals surface area contributed by atoms with E-state index in [9.17, 15) is 9.59 Å². The third-order valence-corrected chi connectivity index (χ3v) is 5.18. The summed E-state index contributed by atoms with van der Waals surface area (Å²) in [6, 6.07) is 18.9. The van der Waals surface area contributed by atoms with Crippen LogP contribution in [0.1, 0.15) is 21.5 Å². The van der Waals surface area contributed by atoms with Crippen LogP contribution < -0.4 is 5.56 Å². The molecule has 1 aliphatic rings. The highest BCUT2D eigenvalue weighted by atomic mass is 16.2. The van der Waals surface area contributed by atoms with E-state index in [4.69, 9.17) is 0 Å². The van der Waals surface area contributed by atoms with Crippen LogP contribution in [0.3, 0.4) is 0 Å². The van der Waals surface area contributed by atoms with Gasteiger partial charge in [-0.2, -0.15) is 0 Å². The number of para-hydroxylation sites is 1. The van der Waals surface area contributed by atoms with Crippen LogP contribution in [0.2, 0.25) is 0 Å². The highest BCUT2D eigenvalue weighted by molar-refractivity contribution is 5.94. The number of nitrogens with zero attached hydrogens (tertiary/aromatic N) is 3. The van der Waals surface area contributed by atoms with E-state index in [1.165, 1.54) is 15.5 Å². The molecule has 0 aliphatic carbocycles. The van der Waals surface area contributed by atoms with E-state index in [2.05, 4.69) is 17.1 Å². The van der Waals surface area contributed by atoms with Crippen molar-refractivity contribution in [2.24, 2.45) is 0 Å². The third-order valence-electron chi connectivity index (χ3n) is 5.18. The quantitative estimate of drug-likeness (QED) is 0.493. The van der Waals surface area contributed by atoms with Crippen LogP contribution in [0.25, 0.3) is 16.6 Å². The maximum absolute atomic E-state index is 13.0. The summed E-state index contributed by atoms with van der Waals surface area (Å²) in [7, 11) is 0. The number of amides is 1. The summed E-state index contributed by atoms with van der Waals surface area (Å²) in [6.45, 7) is 1.27. The summed E-state index contributed by atoms with van der Waals surface area (Å²) in [5.41, 5.74) is 4.03. The second-order valence-electron chi connectivity index (χ2n) is 6.83. The Labute approximate surface area is 155 Å². The molecule has 0 N–H and O–H groups in total. The SMILES string of the molecule is O=C(c1ccc2nc3ccccc3c(=O)n2c1)N1CCc2ccccc2C1. The molecule has 2 aromatic carbocycles. The lowest BCUT2D eigenvalue weighted by Crippen LogP contribution is -2.36. The van der Waals surface area contributed by atoms with Crippen molar-refractivity contribution in [3.63, 3.8) is 0 Å². The fourth-order valence-electron chi connectivity index (χ4n) is 3.73. The highest BCUT2D eigenvalue weighted by Crippen LogP contribution is 2.20. The number of benzene rings is 2. The zero-order valence-electron chi connectivity index (χ0n) is 14.6. The number of rotatable bonds is 1. The van der Waals surface area contributed by atoms with Gasteiger partial charge in [0.05, 0.1) is 16.5 Å². The molecule has 0 radical (unpaired) electrons. The Morgan fingerprint density at radius 1 is 0.926 bits per heavy atom. The van der Waals surface area contributed by atoms with Gasteiger partial charge in [0.25, 0.3) is 11.5 Å². The van der Waals surface area contributed by atoms with Crippen molar-refractivity contribution in [3.8, 4) is 0 Å². The van der Waals surface area contributed by atoms with Gasteiger partial charge < -0.3 is 4.90 Å². The molecule has 0 saturated carbocycles. The maximum atomic E-state index is 13.0. The molecule has 0 bridgehead atoms. The smallest absolute Gasteiger partial charge is 0.265 e. The van der Waals surface area contributed by atoms with Crippen LogP contribution in [0.4, 0.5) is 0 Å². The number of pyridine rings is 1. The highest BCUT2D eigenvalue weighted by Gasteiger charge is 2.22. The van der Waals surface area contributed by atoms with Gasteiger partial charge in [-0.3, -0.25) is 14.0 Å². The van der Waals surface area contributed by atoms with Gasteiger partial charge >= 0.3 is 0 Å². The molecule has 5 nitrogen and oxygen atoms in total. The summed E-state index contributed by atoms with van der Waals surface area (Å²) in [6.07, 6.45) is 2.46. The van der Waals surface area contributed by atoms with Crippen LogP contribution >= 0.6 is 0 Å². The first-order chi connectivity index (χ1) is 13.2. The van der Waals surface area contributed by atoms with E-state index >= 15 is 0 Å². The predicted molar refractivity (Wildman–Crippen MR) is 104 cm³/mol. The van der Waals surface area contributed by atoms with Crippen LogP contribution in [-0.2, 0) is 13.0 Å². The van der Waals surface area contributed by atoms with Gasteiger partial charge in [-0.15, -0.1) is 0 Å². The van der Waals surface area contributed by atoms with E-state index < -0.39 is 0 Å². The van der Waals surface area contributed by atoms with Crippen LogP contribution in [0.5, 0.6) is 0 Å². The first-order valence-electron chi connectivity index (χ1n) is 8.98. The van der Waals surface area contributed by atoms with Crippen molar-refractivity contribution < 1.29 is 4.79 Å². The fourth-order valence-corrected chi connectivity index (χ4v) is 3.73. The summed E-state index contributed by atoms with van der Waals surface area (Å²) >= 11 is 0. The Balaban J connectivity index is 1.55. The third kappa shape index (κ3) is 2.59. The Morgan fingerprint density at radius 3 is 2.59 bits per heavy atom. The monoisotopic (exact) mass is 355 g/mol. The second kappa shape index (κ2) is 6.06. The summed E-state index contributed by atoms with van der Waals surface area (Å²) in [5, 5.41) is 0.548. The number of aromatic nitrogens is 2. The van der Waals surface area contributed by atoms with Crippen molar-refractivity contribution >= 4 is 22.5 Å². The molecule has 5 rings (SSSR count). The minimum atomic E-state index is -0.158. The first-order valence-corrected chi connectivity index (χ1v) is 8.98. The topological polar surface area (TPSA) is 54.7 Å². The van der Waals surface area contributed by atoms with Crippen molar-refractivity contribution in [1.82, 2.24) is 14.3 Å². The predicted octanol–water partition coefficient (Wildman–Crippen LogP) is 3.05. The molecule has 0 unspecified atom stereocenters. The molecule has 0 spiro atoms.